The minimum atomic E-state index is 0.0779. The van der Waals surface area contributed by atoms with Crippen molar-refractivity contribution in [3.63, 3.8) is 0 Å². The van der Waals surface area contributed by atoms with Gasteiger partial charge < -0.3 is 10.2 Å². The molecule has 2 rings (SSSR count). The maximum Gasteiger partial charge on any atom is 0.117 e. The van der Waals surface area contributed by atoms with Crippen LogP contribution in [0.3, 0.4) is 0 Å². The Morgan fingerprint density at radius 2 is 2.15 bits per heavy atom. The summed E-state index contributed by atoms with van der Waals surface area (Å²) in [5, 5.41) is 0. The zero-order valence-electron chi connectivity index (χ0n) is 12.2. The minimum Gasteiger partial charge on any atom is -0.468 e. The van der Waals surface area contributed by atoms with E-state index in [1.54, 1.807) is 12.5 Å². The Morgan fingerprint density at radius 1 is 1.30 bits per heavy atom. The SMILES string of the molecule is CCC(N)C(c1cccnc1)N(CC)Cc1ccco1. The first-order valence-corrected chi connectivity index (χ1v) is 7.18. The fourth-order valence-corrected chi connectivity index (χ4v) is 2.51. The molecule has 0 aliphatic heterocycles. The molecule has 2 aromatic rings. The van der Waals surface area contributed by atoms with Gasteiger partial charge >= 0.3 is 0 Å². The predicted molar refractivity (Wildman–Crippen MR) is 80.0 cm³/mol. The first kappa shape index (κ1) is 14.8. The minimum absolute atomic E-state index is 0.0779. The molecule has 0 radical (unpaired) electrons. The van der Waals surface area contributed by atoms with Gasteiger partial charge in [-0.2, -0.15) is 0 Å². The highest BCUT2D eigenvalue weighted by Gasteiger charge is 2.25. The molecular weight excluding hydrogens is 250 g/mol. The zero-order valence-corrected chi connectivity index (χ0v) is 12.2. The Morgan fingerprint density at radius 3 is 2.70 bits per heavy atom. The van der Waals surface area contributed by atoms with E-state index in [-0.39, 0.29) is 12.1 Å². The molecule has 2 heterocycles. The molecule has 0 saturated carbocycles. The molecule has 4 heteroatoms. The quantitative estimate of drug-likeness (QED) is 0.842. The van der Waals surface area contributed by atoms with E-state index in [2.05, 4.69) is 29.8 Å². The molecule has 0 fully saturated rings. The van der Waals surface area contributed by atoms with Crippen LogP contribution >= 0.6 is 0 Å². The van der Waals surface area contributed by atoms with Gasteiger partial charge in [-0.3, -0.25) is 9.88 Å². The largest absolute Gasteiger partial charge is 0.468 e. The van der Waals surface area contributed by atoms with Crippen molar-refractivity contribution >= 4 is 0 Å². The van der Waals surface area contributed by atoms with Gasteiger partial charge in [0.15, 0.2) is 0 Å². The van der Waals surface area contributed by atoms with E-state index in [4.69, 9.17) is 10.2 Å². The fraction of sp³-hybridized carbons (Fsp3) is 0.438. The molecule has 2 unspecified atom stereocenters. The van der Waals surface area contributed by atoms with Crippen LogP contribution < -0.4 is 5.73 Å². The van der Waals surface area contributed by atoms with Crippen LogP contribution in [-0.2, 0) is 6.54 Å². The molecule has 4 nitrogen and oxygen atoms in total. The highest BCUT2D eigenvalue weighted by molar-refractivity contribution is 5.17. The number of rotatable bonds is 7. The van der Waals surface area contributed by atoms with Crippen molar-refractivity contribution in [1.82, 2.24) is 9.88 Å². The monoisotopic (exact) mass is 273 g/mol. The predicted octanol–water partition coefficient (Wildman–Crippen LogP) is 2.98. The Kier molecular flexibility index (Phi) is 5.32. The van der Waals surface area contributed by atoms with Gasteiger partial charge in [0.2, 0.25) is 0 Å². The van der Waals surface area contributed by atoms with Gasteiger partial charge in [-0.05, 0) is 36.7 Å². The third-order valence-corrected chi connectivity index (χ3v) is 3.64. The average molecular weight is 273 g/mol. The van der Waals surface area contributed by atoms with Crippen LogP contribution in [0.4, 0.5) is 0 Å². The van der Waals surface area contributed by atoms with Crippen LogP contribution in [0.5, 0.6) is 0 Å². The van der Waals surface area contributed by atoms with Gasteiger partial charge in [0.05, 0.1) is 18.8 Å². The molecule has 2 aromatic heterocycles. The van der Waals surface area contributed by atoms with Crippen molar-refractivity contribution in [3.05, 3.63) is 54.2 Å². The van der Waals surface area contributed by atoms with E-state index in [1.807, 2.05) is 24.4 Å². The summed E-state index contributed by atoms with van der Waals surface area (Å²) >= 11 is 0. The summed E-state index contributed by atoms with van der Waals surface area (Å²) in [5.74, 6) is 0.962. The van der Waals surface area contributed by atoms with Crippen LogP contribution in [0.15, 0.2) is 47.3 Å². The Hall–Kier alpha value is -1.65. The maximum atomic E-state index is 6.35. The van der Waals surface area contributed by atoms with Crippen LogP contribution in [-0.4, -0.2) is 22.5 Å². The first-order chi connectivity index (χ1) is 9.76. The smallest absolute Gasteiger partial charge is 0.117 e. The summed E-state index contributed by atoms with van der Waals surface area (Å²) in [6, 6.07) is 8.21. The second-order valence-corrected chi connectivity index (χ2v) is 4.95. The van der Waals surface area contributed by atoms with Gasteiger partial charge in [-0.15, -0.1) is 0 Å². The van der Waals surface area contributed by atoms with E-state index < -0.39 is 0 Å². The lowest BCUT2D eigenvalue weighted by Crippen LogP contribution is -2.40. The summed E-state index contributed by atoms with van der Waals surface area (Å²) in [6.45, 7) is 5.94. The summed E-state index contributed by atoms with van der Waals surface area (Å²) in [4.78, 5) is 6.57. The summed E-state index contributed by atoms with van der Waals surface area (Å²) in [5.41, 5.74) is 7.52. The highest BCUT2D eigenvalue weighted by atomic mass is 16.3. The molecule has 0 bridgehead atoms. The maximum absolute atomic E-state index is 6.35. The number of hydrogen-bond donors (Lipinski definition) is 1. The number of nitrogens with two attached hydrogens (primary N) is 1. The molecule has 0 aromatic carbocycles. The van der Waals surface area contributed by atoms with Gasteiger partial charge in [-0.1, -0.05) is 19.9 Å². The molecule has 0 amide bonds. The van der Waals surface area contributed by atoms with E-state index in [1.165, 1.54) is 0 Å². The Bertz CT molecular complexity index is 484. The van der Waals surface area contributed by atoms with E-state index in [0.717, 1.165) is 30.8 Å². The third-order valence-electron chi connectivity index (χ3n) is 3.64. The highest BCUT2D eigenvalue weighted by Crippen LogP contribution is 2.26. The second-order valence-electron chi connectivity index (χ2n) is 4.95. The number of hydrogen-bond acceptors (Lipinski definition) is 4. The lowest BCUT2D eigenvalue weighted by Gasteiger charge is -2.34. The molecule has 0 aliphatic rings. The van der Waals surface area contributed by atoms with E-state index in [9.17, 15) is 0 Å². The first-order valence-electron chi connectivity index (χ1n) is 7.18. The van der Waals surface area contributed by atoms with Crippen LogP contribution in [0.2, 0.25) is 0 Å². The molecule has 20 heavy (non-hydrogen) atoms. The number of aromatic nitrogens is 1. The molecule has 0 spiro atoms. The summed E-state index contributed by atoms with van der Waals surface area (Å²) < 4.78 is 5.47. The molecule has 0 saturated heterocycles. The van der Waals surface area contributed by atoms with Crippen molar-refractivity contribution in [1.29, 1.82) is 0 Å². The molecule has 2 N–H and O–H groups in total. The standard InChI is InChI=1S/C16H23N3O/c1-3-15(17)16(13-7-5-9-18-11-13)19(4-2)12-14-8-6-10-20-14/h5-11,15-16H,3-4,12,17H2,1-2H3. The molecule has 0 aliphatic carbocycles. The van der Waals surface area contributed by atoms with Crippen LogP contribution in [0.1, 0.15) is 37.6 Å². The summed E-state index contributed by atoms with van der Waals surface area (Å²) in [6.07, 6.45) is 6.34. The lowest BCUT2D eigenvalue weighted by molar-refractivity contribution is 0.157. The van der Waals surface area contributed by atoms with Crippen molar-refractivity contribution in [2.24, 2.45) is 5.73 Å². The lowest BCUT2D eigenvalue weighted by atomic mass is 9.97. The van der Waals surface area contributed by atoms with Crippen LogP contribution in [0.25, 0.3) is 0 Å². The van der Waals surface area contributed by atoms with Crippen molar-refractivity contribution in [2.45, 2.75) is 38.9 Å². The second kappa shape index (κ2) is 7.22. The van der Waals surface area contributed by atoms with Gasteiger partial charge in [0, 0.05) is 18.4 Å². The topological polar surface area (TPSA) is 55.3 Å². The fourth-order valence-electron chi connectivity index (χ4n) is 2.51. The van der Waals surface area contributed by atoms with E-state index >= 15 is 0 Å². The van der Waals surface area contributed by atoms with E-state index in [0.29, 0.717) is 0 Å². The zero-order chi connectivity index (χ0) is 14.4. The molecule has 2 atom stereocenters. The van der Waals surface area contributed by atoms with Crippen molar-refractivity contribution < 1.29 is 4.42 Å². The Balaban J connectivity index is 2.24. The number of nitrogens with zero attached hydrogens (tertiary/aromatic N) is 2. The van der Waals surface area contributed by atoms with Crippen LogP contribution in [0, 0.1) is 0 Å². The molecule has 108 valence electrons. The molecular formula is C16H23N3O. The van der Waals surface area contributed by atoms with Gasteiger partial charge in [0.25, 0.3) is 0 Å². The third kappa shape index (κ3) is 3.46. The van der Waals surface area contributed by atoms with Crippen molar-refractivity contribution in [3.8, 4) is 0 Å². The van der Waals surface area contributed by atoms with Gasteiger partial charge in [-0.25, -0.2) is 0 Å². The number of pyridine rings is 1. The average Bonchev–Trinajstić information content (AvgIpc) is 3.00. The number of likely N-dealkylation sites (N-methyl/N-ethyl adjacent to an activating group) is 1. The number of furan rings is 1. The normalized spacial score (nSPS) is 14.4. The summed E-state index contributed by atoms with van der Waals surface area (Å²) in [7, 11) is 0. The Labute approximate surface area is 120 Å². The van der Waals surface area contributed by atoms with Gasteiger partial charge in [0.1, 0.15) is 5.76 Å². The van der Waals surface area contributed by atoms with Crippen molar-refractivity contribution in [2.75, 3.05) is 6.54 Å².